The summed E-state index contributed by atoms with van der Waals surface area (Å²) < 4.78 is 18.6. The normalized spacial score (nSPS) is 14.5. The average Bonchev–Trinajstić information content (AvgIpc) is 3.52. The summed E-state index contributed by atoms with van der Waals surface area (Å²) in [6.45, 7) is 6.36. The van der Waals surface area contributed by atoms with Crippen LogP contribution >= 0.6 is 0 Å². The van der Waals surface area contributed by atoms with Crippen molar-refractivity contribution in [2.45, 2.75) is 39.8 Å². The van der Waals surface area contributed by atoms with Crippen molar-refractivity contribution >= 4 is 11.7 Å². The second kappa shape index (κ2) is 9.91. The Bertz CT molecular complexity index is 1670. The molecule has 1 atom stereocenters. The highest BCUT2D eigenvalue weighted by Gasteiger charge is 2.36. The topological polar surface area (TPSA) is 55.1 Å². The van der Waals surface area contributed by atoms with Crippen LogP contribution in [0, 0.1) is 19.7 Å². The zero-order chi connectivity index (χ0) is 27.1. The van der Waals surface area contributed by atoms with Gasteiger partial charge in [-0.1, -0.05) is 49.4 Å². The van der Waals surface area contributed by atoms with Gasteiger partial charge in [-0.05, 0) is 79.4 Å². The number of urea groups is 1. The van der Waals surface area contributed by atoms with Gasteiger partial charge in [-0.25, -0.2) is 13.9 Å². The molecule has 5 aromatic rings. The number of carbonyl (C=O) groups excluding carboxylic acids is 1. The predicted octanol–water partition coefficient (Wildman–Crippen LogP) is 7.12. The third-order valence-electron chi connectivity index (χ3n) is 7.36. The molecule has 1 N–H and O–H groups in total. The zero-order valence-corrected chi connectivity index (χ0v) is 22.2. The van der Waals surface area contributed by atoms with Crippen LogP contribution in [-0.2, 0) is 13.0 Å². The van der Waals surface area contributed by atoms with Crippen LogP contribution in [-0.4, -0.2) is 25.3 Å². The van der Waals surface area contributed by atoms with Crippen molar-refractivity contribution in [2.75, 3.05) is 5.32 Å². The Hall–Kier alpha value is -4.65. The molecule has 6 rings (SSSR count). The number of hydrogen-bond acceptors (Lipinski definition) is 2. The molecule has 0 bridgehead atoms. The van der Waals surface area contributed by atoms with Gasteiger partial charge in [0.25, 0.3) is 0 Å². The highest BCUT2D eigenvalue weighted by Crippen LogP contribution is 2.39. The molecule has 0 radical (unpaired) electrons. The molecule has 6 nitrogen and oxygen atoms in total. The molecule has 196 valence electrons. The molecule has 2 amide bonds. The van der Waals surface area contributed by atoms with Crippen molar-refractivity contribution < 1.29 is 9.18 Å². The number of amides is 2. The summed E-state index contributed by atoms with van der Waals surface area (Å²) in [4.78, 5) is 16.0. The summed E-state index contributed by atoms with van der Waals surface area (Å²) in [6.07, 6.45) is 2.70. The van der Waals surface area contributed by atoms with Crippen molar-refractivity contribution in [3.05, 3.63) is 131 Å². The lowest BCUT2D eigenvalue weighted by molar-refractivity contribution is 0.194. The number of aromatic nitrogens is 3. The van der Waals surface area contributed by atoms with Crippen LogP contribution in [0.1, 0.15) is 46.6 Å². The second-order valence-electron chi connectivity index (χ2n) is 9.99. The van der Waals surface area contributed by atoms with Crippen LogP contribution in [0.2, 0.25) is 0 Å². The number of aryl methyl sites for hydroxylation is 3. The van der Waals surface area contributed by atoms with Gasteiger partial charge < -0.3 is 14.8 Å². The summed E-state index contributed by atoms with van der Waals surface area (Å²) >= 11 is 0. The number of para-hydroxylation sites is 1. The zero-order valence-electron chi connectivity index (χ0n) is 22.2. The van der Waals surface area contributed by atoms with Crippen molar-refractivity contribution in [1.82, 2.24) is 19.2 Å². The Kier molecular flexibility index (Phi) is 6.27. The molecule has 39 heavy (non-hydrogen) atoms. The average molecular weight is 520 g/mol. The smallest absolute Gasteiger partial charge is 0.308 e. The number of benzene rings is 3. The van der Waals surface area contributed by atoms with Crippen LogP contribution in [0.5, 0.6) is 0 Å². The Morgan fingerprint density at radius 1 is 1.00 bits per heavy atom. The monoisotopic (exact) mass is 519 g/mol. The summed E-state index contributed by atoms with van der Waals surface area (Å²) in [7, 11) is 0. The third kappa shape index (κ3) is 4.40. The number of nitrogens with one attached hydrogen (secondary N) is 1. The second-order valence-corrected chi connectivity index (χ2v) is 9.99. The quantitative estimate of drug-likeness (QED) is 0.275. The predicted molar refractivity (Wildman–Crippen MR) is 151 cm³/mol. The molecule has 1 aliphatic heterocycles. The van der Waals surface area contributed by atoms with E-state index in [0.29, 0.717) is 18.5 Å². The van der Waals surface area contributed by atoms with Crippen LogP contribution in [0.15, 0.2) is 91.1 Å². The summed E-state index contributed by atoms with van der Waals surface area (Å²) in [6, 6.07) is 25.7. The van der Waals surface area contributed by atoms with Gasteiger partial charge in [-0.2, -0.15) is 5.10 Å². The number of halogens is 1. The Labute approximate surface area is 227 Å². The number of hydrogen-bond donors (Lipinski definition) is 1. The fourth-order valence-electron chi connectivity index (χ4n) is 5.43. The molecule has 0 spiro atoms. The van der Waals surface area contributed by atoms with E-state index < -0.39 is 6.04 Å². The minimum atomic E-state index is -0.526. The highest BCUT2D eigenvalue weighted by atomic mass is 19.1. The maximum atomic E-state index is 14.6. The van der Waals surface area contributed by atoms with Crippen LogP contribution < -0.4 is 5.32 Å². The first-order valence-electron chi connectivity index (χ1n) is 13.2. The summed E-state index contributed by atoms with van der Waals surface area (Å²) in [5.74, 6) is 0.549. The lowest BCUT2D eigenvalue weighted by atomic mass is 10.0. The molecular formula is C32H30FN5O. The Morgan fingerprint density at radius 3 is 2.59 bits per heavy atom. The van der Waals surface area contributed by atoms with Gasteiger partial charge in [0.15, 0.2) is 0 Å². The highest BCUT2D eigenvalue weighted by molar-refractivity contribution is 5.91. The molecule has 2 aromatic heterocycles. The molecule has 3 aromatic carbocycles. The largest absolute Gasteiger partial charge is 0.322 e. The fraction of sp³-hybridized carbons (Fsp3) is 0.188. The molecule has 7 heteroatoms. The Morgan fingerprint density at radius 2 is 1.82 bits per heavy atom. The van der Waals surface area contributed by atoms with E-state index in [1.54, 1.807) is 11.0 Å². The number of carbonyl (C=O) groups is 1. The van der Waals surface area contributed by atoms with E-state index in [4.69, 9.17) is 5.10 Å². The van der Waals surface area contributed by atoms with Gasteiger partial charge in [0.1, 0.15) is 11.6 Å². The first-order valence-corrected chi connectivity index (χ1v) is 13.2. The summed E-state index contributed by atoms with van der Waals surface area (Å²) in [5.41, 5.74) is 7.16. The van der Waals surface area contributed by atoms with E-state index in [9.17, 15) is 9.18 Å². The fourth-order valence-corrected chi connectivity index (χ4v) is 5.43. The first kappa shape index (κ1) is 24.7. The van der Waals surface area contributed by atoms with Gasteiger partial charge in [0.05, 0.1) is 29.7 Å². The van der Waals surface area contributed by atoms with Crippen LogP contribution in [0.3, 0.4) is 0 Å². The maximum Gasteiger partial charge on any atom is 0.322 e. The maximum absolute atomic E-state index is 14.6. The molecule has 0 aliphatic carbocycles. The third-order valence-corrected chi connectivity index (χ3v) is 7.36. The summed E-state index contributed by atoms with van der Waals surface area (Å²) in [5, 5.41) is 8.14. The van der Waals surface area contributed by atoms with E-state index in [-0.39, 0.29) is 11.8 Å². The van der Waals surface area contributed by atoms with Gasteiger partial charge in [-0.15, -0.1) is 0 Å². The van der Waals surface area contributed by atoms with Crippen LogP contribution in [0.4, 0.5) is 14.9 Å². The van der Waals surface area contributed by atoms with Gasteiger partial charge >= 0.3 is 6.03 Å². The number of nitrogens with zero attached hydrogens (tertiary/aromatic N) is 4. The van der Waals surface area contributed by atoms with Crippen molar-refractivity contribution in [3.63, 3.8) is 0 Å². The van der Waals surface area contributed by atoms with Gasteiger partial charge in [0, 0.05) is 17.4 Å². The molecule has 0 unspecified atom stereocenters. The molecule has 0 fully saturated rings. The Balaban J connectivity index is 1.56. The lowest BCUT2D eigenvalue weighted by Crippen LogP contribution is -2.38. The first-order chi connectivity index (χ1) is 18.9. The van der Waals surface area contributed by atoms with E-state index in [1.165, 1.54) is 12.1 Å². The molecular weight excluding hydrogens is 489 g/mol. The molecule has 0 saturated carbocycles. The molecule has 1 aliphatic rings. The van der Waals surface area contributed by atoms with Crippen molar-refractivity contribution in [2.24, 2.45) is 0 Å². The van der Waals surface area contributed by atoms with Gasteiger partial charge in [-0.3, -0.25) is 0 Å². The standard InChI is InChI=1S/C32H30FN5O/c1-4-27-26-20-37(32(39)34-28-18-21(2)15-16-22(28)3)30(23-10-8-11-24(33)19-23)29-14-9-17-36(29)31(26)38(35-27)25-12-6-5-7-13-25/h5-19,30H,4,20H2,1-3H3,(H,34,39)/t30-/m1/s1. The van der Waals surface area contributed by atoms with Crippen molar-refractivity contribution in [1.29, 1.82) is 0 Å². The lowest BCUT2D eigenvalue weighted by Gasteiger charge is -2.31. The van der Waals surface area contributed by atoms with Gasteiger partial charge in [0.2, 0.25) is 0 Å². The van der Waals surface area contributed by atoms with E-state index >= 15 is 0 Å². The van der Waals surface area contributed by atoms with E-state index in [2.05, 4.69) is 16.8 Å². The van der Waals surface area contributed by atoms with E-state index in [0.717, 1.165) is 45.3 Å². The minimum absolute atomic E-state index is 0.256. The van der Waals surface area contributed by atoms with Crippen molar-refractivity contribution in [3.8, 4) is 11.5 Å². The van der Waals surface area contributed by atoms with Crippen LogP contribution in [0.25, 0.3) is 11.5 Å². The van der Waals surface area contributed by atoms with E-state index in [1.807, 2.05) is 91.5 Å². The number of anilines is 1. The SMILES string of the molecule is CCc1nn(-c2ccccc2)c2c1CN(C(=O)Nc1cc(C)ccc1C)[C@H](c1cccc(F)c1)c1cccn1-2. The number of fused-ring (bicyclic) bond motifs is 3. The molecule has 3 heterocycles. The number of rotatable bonds is 4. The minimum Gasteiger partial charge on any atom is -0.308 e. The molecule has 0 saturated heterocycles.